The van der Waals surface area contributed by atoms with Gasteiger partial charge < -0.3 is 14.2 Å². The van der Waals surface area contributed by atoms with Crippen molar-refractivity contribution in [3.63, 3.8) is 0 Å². The maximum atomic E-state index is 10.2. The van der Waals surface area contributed by atoms with Gasteiger partial charge in [-0.1, -0.05) is 13.8 Å². The molecule has 5 heteroatoms. The lowest BCUT2D eigenvalue weighted by atomic mass is 9.75. The van der Waals surface area contributed by atoms with E-state index in [1.807, 2.05) is 23.9 Å². The molecule has 0 bridgehead atoms. The summed E-state index contributed by atoms with van der Waals surface area (Å²) in [6.45, 7) is 5.12. The smallest absolute Gasteiger partial charge is 0.152 e. The zero-order valence-corrected chi connectivity index (χ0v) is 11.7. The van der Waals surface area contributed by atoms with Gasteiger partial charge in [-0.05, 0) is 24.3 Å². The molecule has 0 saturated heterocycles. The molecule has 5 nitrogen and oxygen atoms in total. The summed E-state index contributed by atoms with van der Waals surface area (Å²) in [7, 11) is 1.95. The van der Waals surface area contributed by atoms with E-state index in [1.54, 1.807) is 6.33 Å². The van der Waals surface area contributed by atoms with Crippen LogP contribution in [0.3, 0.4) is 0 Å². The summed E-state index contributed by atoms with van der Waals surface area (Å²) in [4.78, 5) is 0. The quantitative estimate of drug-likeness (QED) is 0.893. The average molecular weight is 260 g/mol. The number of aromatic nitrogens is 4. The zero-order chi connectivity index (χ0) is 13.6. The second kappa shape index (κ2) is 4.20. The van der Waals surface area contributed by atoms with Gasteiger partial charge in [0.15, 0.2) is 5.82 Å². The Morgan fingerprint density at radius 2 is 2.26 bits per heavy atom. The highest BCUT2D eigenvalue weighted by Gasteiger charge is 2.33. The van der Waals surface area contributed by atoms with Crippen molar-refractivity contribution < 1.29 is 5.11 Å². The van der Waals surface area contributed by atoms with Gasteiger partial charge in [0.25, 0.3) is 0 Å². The second-order valence-corrected chi connectivity index (χ2v) is 6.26. The van der Waals surface area contributed by atoms with Gasteiger partial charge in [-0.3, -0.25) is 0 Å². The molecule has 3 rings (SSSR count). The number of aliphatic hydroxyl groups is 1. The molecule has 0 radical (unpaired) electrons. The molecule has 2 aromatic heterocycles. The molecule has 0 aliphatic heterocycles. The third-order valence-electron chi connectivity index (χ3n) is 3.98. The minimum Gasteiger partial charge on any atom is -0.388 e. The van der Waals surface area contributed by atoms with Gasteiger partial charge in [0.1, 0.15) is 6.33 Å². The van der Waals surface area contributed by atoms with Crippen LogP contribution in [-0.4, -0.2) is 24.4 Å². The lowest BCUT2D eigenvalue weighted by Crippen LogP contribution is -2.27. The number of hydrogen-bond acceptors (Lipinski definition) is 3. The largest absolute Gasteiger partial charge is 0.388 e. The van der Waals surface area contributed by atoms with Crippen molar-refractivity contribution >= 4 is 0 Å². The van der Waals surface area contributed by atoms with Crippen LogP contribution in [0.1, 0.15) is 43.5 Å². The molecule has 1 aliphatic rings. The normalized spacial score (nSPS) is 21.4. The van der Waals surface area contributed by atoms with Crippen LogP contribution in [0.4, 0.5) is 0 Å². The van der Waals surface area contributed by atoms with E-state index in [4.69, 9.17) is 0 Å². The molecule has 0 aromatic carbocycles. The van der Waals surface area contributed by atoms with Crippen LogP contribution in [0.25, 0.3) is 0 Å². The lowest BCUT2D eigenvalue weighted by Gasteiger charge is -2.33. The maximum absolute atomic E-state index is 10.2. The zero-order valence-electron chi connectivity index (χ0n) is 11.7. The highest BCUT2D eigenvalue weighted by atomic mass is 16.3. The highest BCUT2D eigenvalue weighted by Crippen LogP contribution is 2.41. The van der Waals surface area contributed by atoms with Gasteiger partial charge in [0, 0.05) is 24.5 Å². The van der Waals surface area contributed by atoms with Crippen LogP contribution in [-0.2, 0) is 20.0 Å². The minimum atomic E-state index is -0.348. The highest BCUT2D eigenvalue weighted by molar-refractivity contribution is 5.29. The van der Waals surface area contributed by atoms with Gasteiger partial charge in [-0.25, -0.2) is 0 Å². The summed E-state index contributed by atoms with van der Waals surface area (Å²) in [6, 6.07) is 2.03. The van der Waals surface area contributed by atoms with Crippen molar-refractivity contribution in [2.45, 2.75) is 39.3 Å². The first kappa shape index (κ1) is 12.4. The summed E-state index contributed by atoms with van der Waals surface area (Å²) in [5.41, 5.74) is 2.44. The fourth-order valence-corrected chi connectivity index (χ4v) is 2.94. The number of nitrogens with zero attached hydrogens (tertiary/aromatic N) is 4. The van der Waals surface area contributed by atoms with Crippen LogP contribution >= 0.6 is 0 Å². The van der Waals surface area contributed by atoms with Crippen LogP contribution in [0, 0.1) is 5.41 Å². The first-order chi connectivity index (χ1) is 8.96. The Kier molecular flexibility index (Phi) is 2.74. The van der Waals surface area contributed by atoms with Gasteiger partial charge in [0.05, 0.1) is 12.6 Å². The Bertz CT molecular complexity index is 596. The summed E-state index contributed by atoms with van der Waals surface area (Å²) in [5, 5.41) is 18.3. The summed E-state index contributed by atoms with van der Waals surface area (Å²) < 4.78 is 4.11. The fourth-order valence-electron chi connectivity index (χ4n) is 2.94. The van der Waals surface area contributed by atoms with E-state index in [1.165, 1.54) is 5.69 Å². The molecule has 0 amide bonds. The van der Waals surface area contributed by atoms with E-state index in [0.717, 1.165) is 24.2 Å². The maximum Gasteiger partial charge on any atom is 0.152 e. The summed E-state index contributed by atoms with van der Waals surface area (Å²) in [5.74, 6) is 0.927. The van der Waals surface area contributed by atoms with Gasteiger partial charge in [0.2, 0.25) is 0 Å². The Morgan fingerprint density at radius 3 is 2.95 bits per heavy atom. The van der Waals surface area contributed by atoms with Crippen molar-refractivity contribution in [1.29, 1.82) is 0 Å². The molecule has 0 fully saturated rings. The van der Waals surface area contributed by atoms with Crippen molar-refractivity contribution in [3.8, 4) is 0 Å². The molecular formula is C14H20N4O. The molecule has 102 valence electrons. The number of hydrogen-bond donors (Lipinski definition) is 1. The van der Waals surface area contributed by atoms with Crippen molar-refractivity contribution in [3.05, 3.63) is 35.7 Å². The molecule has 2 heterocycles. The van der Waals surface area contributed by atoms with Crippen LogP contribution < -0.4 is 0 Å². The second-order valence-electron chi connectivity index (χ2n) is 6.26. The number of aryl methyl sites for hydroxylation is 1. The van der Waals surface area contributed by atoms with E-state index in [2.05, 4.69) is 28.6 Å². The molecular weight excluding hydrogens is 240 g/mol. The average Bonchev–Trinajstić information content (AvgIpc) is 2.87. The summed E-state index contributed by atoms with van der Waals surface area (Å²) in [6.07, 6.45) is 5.23. The molecule has 0 saturated carbocycles. The standard InChI is InChI=1S/C14H20N4O/c1-14(2)6-11-10(12(19)7-14)4-5-18(11)8-13-16-15-9-17(13)3/h4-5,9,12,19H,6-8H2,1-3H3. The first-order valence-corrected chi connectivity index (χ1v) is 6.65. The van der Waals surface area contributed by atoms with Gasteiger partial charge in [-0.2, -0.15) is 0 Å². The molecule has 19 heavy (non-hydrogen) atoms. The molecule has 1 aliphatic carbocycles. The van der Waals surface area contributed by atoms with E-state index < -0.39 is 0 Å². The van der Waals surface area contributed by atoms with E-state index >= 15 is 0 Å². The Labute approximate surface area is 112 Å². The topological polar surface area (TPSA) is 55.9 Å². The fraction of sp³-hybridized carbons (Fsp3) is 0.571. The molecule has 1 atom stereocenters. The van der Waals surface area contributed by atoms with Crippen LogP contribution in [0.15, 0.2) is 18.6 Å². The molecule has 2 aromatic rings. The number of aliphatic hydroxyl groups excluding tert-OH is 1. The van der Waals surface area contributed by atoms with E-state index in [-0.39, 0.29) is 11.5 Å². The Hall–Kier alpha value is -1.62. The number of fused-ring (bicyclic) bond motifs is 1. The van der Waals surface area contributed by atoms with Crippen molar-refractivity contribution in [1.82, 2.24) is 19.3 Å². The predicted octanol–water partition coefficient (Wildman–Crippen LogP) is 1.67. The number of rotatable bonds is 2. The Morgan fingerprint density at radius 1 is 1.47 bits per heavy atom. The van der Waals surface area contributed by atoms with Crippen LogP contribution in [0.5, 0.6) is 0 Å². The molecule has 0 spiro atoms. The van der Waals surface area contributed by atoms with E-state index in [0.29, 0.717) is 6.54 Å². The molecule has 1 N–H and O–H groups in total. The SMILES string of the molecule is Cn1cnnc1Cn1ccc2c1CC(C)(C)CC2O. The first-order valence-electron chi connectivity index (χ1n) is 6.65. The Balaban J connectivity index is 1.95. The van der Waals surface area contributed by atoms with Gasteiger partial charge in [-0.15, -0.1) is 10.2 Å². The predicted molar refractivity (Wildman–Crippen MR) is 71.6 cm³/mol. The minimum absolute atomic E-state index is 0.141. The van der Waals surface area contributed by atoms with Gasteiger partial charge >= 0.3 is 0 Å². The lowest BCUT2D eigenvalue weighted by molar-refractivity contribution is 0.0980. The monoisotopic (exact) mass is 260 g/mol. The third-order valence-corrected chi connectivity index (χ3v) is 3.98. The third kappa shape index (κ3) is 2.18. The van der Waals surface area contributed by atoms with Crippen LogP contribution in [0.2, 0.25) is 0 Å². The summed E-state index contributed by atoms with van der Waals surface area (Å²) >= 11 is 0. The molecule has 1 unspecified atom stereocenters. The van der Waals surface area contributed by atoms with Crippen molar-refractivity contribution in [2.24, 2.45) is 12.5 Å². The van der Waals surface area contributed by atoms with Crippen molar-refractivity contribution in [2.75, 3.05) is 0 Å². The van der Waals surface area contributed by atoms with E-state index in [9.17, 15) is 5.11 Å².